The average Bonchev–Trinajstić information content (AvgIpc) is 2.64. The lowest BCUT2D eigenvalue weighted by Crippen LogP contribution is -2.38. The molecule has 8 heteroatoms. The highest BCUT2D eigenvalue weighted by Crippen LogP contribution is 2.14. The van der Waals surface area contributed by atoms with Crippen molar-refractivity contribution >= 4 is 17.5 Å². The van der Waals surface area contributed by atoms with Gasteiger partial charge in [-0.25, -0.2) is 4.68 Å². The predicted octanol–water partition coefficient (Wildman–Crippen LogP) is 1.75. The fourth-order valence-electron chi connectivity index (χ4n) is 2.49. The Morgan fingerprint density at radius 3 is 2.67 bits per heavy atom. The van der Waals surface area contributed by atoms with Gasteiger partial charge in [-0.15, -0.1) is 0 Å². The van der Waals surface area contributed by atoms with Crippen LogP contribution in [-0.2, 0) is 17.8 Å². The third-order valence-corrected chi connectivity index (χ3v) is 4.19. The monoisotopic (exact) mass is 392 g/mol. The summed E-state index contributed by atoms with van der Waals surface area (Å²) in [6.45, 7) is 2.28. The molecule has 0 aliphatic rings. The van der Waals surface area contributed by atoms with Gasteiger partial charge >= 0.3 is 0 Å². The molecule has 7 nitrogen and oxygen atoms in total. The van der Waals surface area contributed by atoms with Crippen molar-refractivity contribution in [1.29, 1.82) is 0 Å². The van der Waals surface area contributed by atoms with Crippen LogP contribution in [0.2, 0.25) is 5.02 Å². The van der Waals surface area contributed by atoms with Crippen LogP contribution in [0.15, 0.2) is 41.2 Å². The van der Waals surface area contributed by atoms with Crippen LogP contribution in [0.5, 0.6) is 0 Å². The van der Waals surface area contributed by atoms with Gasteiger partial charge in [0.1, 0.15) is 5.69 Å². The number of carbonyl (C=O) groups is 1. The van der Waals surface area contributed by atoms with E-state index in [0.29, 0.717) is 37.8 Å². The zero-order valence-electron chi connectivity index (χ0n) is 15.9. The van der Waals surface area contributed by atoms with E-state index in [1.165, 1.54) is 16.8 Å². The summed E-state index contributed by atoms with van der Waals surface area (Å²) in [6.07, 6.45) is 0. The number of aromatic nitrogens is 2. The first-order valence-corrected chi connectivity index (χ1v) is 9.04. The molecule has 27 heavy (non-hydrogen) atoms. The maximum atomic E-state index is 13.0. The normalized spacial score (nSPS) is 11.0. The maximum absolute atomic E-state index is 13.0. The van der Waals surface area contributed by atoms with E-state index in [1.54, 1.807) is 18.1 Å². The quantitative estimate of drug-likeness (QED) is 0.650. The third-order valence-electron chi connectivity index (χ3n) is 3.96. The summed E-state index contributed by atoms with van der Waals surface area (Å²) >= 11 is 6.07. The Bertz CT molecular complexity index is 823. The molecule has 0 unspecified atom stereocenters. The smallest absolute Gasteiger partial charge is 0.274 e. The van der Waals surface area contributed by atoms with Crippen LogP contribution in [0.3, 0.4) is 0 Å². The lowest BCUT2D eigenvalue weighted by Gasteiger charge is -2.24. The van der Waals surface area contributed by atoms with E-state index >= 15 is 0 Å². The van der Waals surface area contributed by atoms with Crippen LogP contribution < -0.4 is 5.56 Å². The van der Waals surface area contributed by atoms with Crippen LogP contribution >= 0.6 is 11.6 Å². The summed E-state index contributed by atoms with van der Waals surface area (Å²) in [5.41, 5.74) is 0.895. The first kappa shape index (κ1) is 21.1. The predicted molar refractivity (Wildman–Crippen MR) is 105 cm³/mol. The number of hydrogen-bond donors (Lipinski definition) is 0. The number of likely N-dealkylation sites (N-methyl/N-ethyl adjacent to an activating group) is 1. The van der Waals surface area contributed by atoms with Gasteiger partial charge in [0.2, 0.25) is 0 Å². The lowest BCUT2D eigenvalue weighted by atomic mass is 10.2. The molecule has 0 saturated carbocycles. The minimum Gasteiger partial charge on any atom is -0.383 e. The van der Waals surface area contributed by atoms with Crippen molar-refractivity contribution in [1.82, 2.24) is 19.6 Å². The summed E-state index contributed by atoms with van der Waals surface area (Å²) in [5, 5.41) is 4.83. The van der Waals surface area contributed by atoms with Gasteiger partial charge in [-0.3, -0.25) is 9.59 Å². The van der Waals surface area contributed by atoms with Gasteiger partial charge < -0.3 is 14.5 Å². The minimum absolute atomic E-state index is 0.228. The Morgan fingerprint density at radius 2 is 2.00 bits per heavy atom. The van der Waals surface area contributed by atoms with E-state index in [1.807, 2.05) is 37.2 Å². The summed E-state index contributed by atoms with van der Waals surface area (Å²) < 4.78 is 6.24. The summed E-state index contributed by atoms with van der Waals surface area (Å²) in [6, 6.07) is 10.2. The van der Waals surface area contributed by atoms with E-state index in [4.69, 9.17) is 16.3 Å². The number of nitrogens with zero attached hydrogens (tertiary/aromatic N) is 4. The molecule has 0 aliphatic carbocycles. The maximum Gasteiger partial charge on any atom is 0.274 e. The molecule has 1 aromatic heterocycles. The molecular weight excluding hydrogens is 368 g/mol. The topological polar surface area (TPSA) is 67.7 Å². The van der Waals surface area contributed by atoms with E-state index in [2.05, 4.69) is 5.10 Å². The van der Waals surface area contributed by atoms with E-state index in [9.17, 15) is 9.59 Å². The van der Waals surface area contributed by atoms with E-state index in [0.717, 1.165) is 5.56 Å². The molecule has 0 saturated heterocycles. The fourth-order valence-corrected chi connectivity index (χ4v) is 2.70. The number of carbonyl (C=O) groups excluding carboxylic acids is 1. The second-order valence-electron chi connectivity index (χ2n) is 6.43. The number of hydrogen-bond acceptors (Lipinski definition) is 5. The van der Waals surface area contributed by atoms with E-state index in [-0.39, 0.29) is 17.2 Å². The van der Waals surface area contributed by atoms with Crippen molar-refractivity contribution in [3.63, 3.8) is 0 Å². The van der Waals surface area contributed by atoms with Gasteiger partial charge in [-0.05, 0) is 37.9 Å². The number of halogens is 1. The van der Waals surface area contributed by atoms with Crippen LogP contribution in [0.1, 0.15) is 16.1 Å². The highest BCUT2D eigenvalue weighted by atomic mass is 35.5. The molecule has 146 valence electrons. The molecule has 0 bridgehead atoms. The molecule has 0 N–H and O–H groups in total. The Kier molecular flexibility index (Phi) is 7.97. The SMILES string of the molecule is COCCn1nc(C(=O)N(CCN(C)C)Cc2cccc(Cl)c2)ccc1=O. The van der Waals surface area contributed by atoms with Crippen molar-refractivity contribution < 1.29 is 9.53 Å². The molecule has 2 rings (SSSR count). The fraction of sp³-hybridized carbons (Fsp3) is 0.421. The summed E-state index contributed by atoms with van der Waals surface area (Å²) in [7, 11) is 5.45. The number of rotatable bonds is 9. The summed E-state index contributed by atoms with van der Waals surface area (Å²) in [4.78, 5) is 28.7. The van der Waals surface area contributed by atoms with Gasteiger partial charge in [0, 0.05) is 37.8 Å². The van der Waals surface area contributed by atoms with Crippen LogP contribution in [-0.4, -0.2) is 66.4 Å². The van der Waals surface area contributed by atoms with Gasteiger partial charge in [-0.1, -0.05) is 23.7 Å². The molecule has 0 fully saturated rings. The van der Waals surface area contributed by atoms with Gasteiger partial charge in [0.25, 0.3) is 11.5 Å². The first-order valence-electron chi connectivity index (χ1n) is 8.66. The van der Waals surface area contributed by atoms with Gasteiger partial charge in [-0.2, -0.15) is 5.10 Å². The minimum atomic E-state index is -0.265. The molecular formula is C19H25ClN4O3. The molecule has 1 aromatic carbocycles. The van der Waals surface area contributed by atoms with Crippen molar-refractivity contribution in [2.24, 2.45) is 0 Å². The molecule has 0 aliphatic heterocycles. The second-order valence-corrected chi connectivity index (χ2v) is 6.87. The van der Waals surface area contributed by atoms with Crippen LogP contribution in [0.25, 0.3) is 0 Å². The Morgan fingerprint density at radius 1 is 1.22 bits per heavy atom. The summed E-state index contributed by atoms with van der Waals surface area (Å²) in [5.74, 6) is -0.233. The lowest BCUT2D eigenvalue weighted by molar-refractivity contribution is 0.0722. The molecule has 0 radical (unpaired) electrons. The van der Waals surface area contributed by atoms with Crippen LogP contribution in [0.4, 0.5) is 0 Å². The number of ether oxygens (including phenoxy) is 1. The van der Waals surface area contributed by atoms with Crippen molar-refractivity contribution in [3.8, 4) is 0 Å². The van der Waals surface area contributed by atoms with Gasteiger partial charge in [0.15, 0.2) is 0 Å². The number of methoxy groups -OCH3 is 1. The number of amides is 1. The zero-order chi connectivity index (χ0) is 19.8. The Labute approximate surface area is 164 Å². The molecule has 0 atom stereocenters. The van der Waals surface area contributed by atoms with Crippen molar-refractivity contribution in [2.45, 2.75) is 13.1 Å². The standard InChI is InChI=1S/C19H25ClN4O3/c1-22(2)9-10-23(14-15-5-4-6-16(20)13-15)19(26)17-7-8-18(25)24(21-17)11-12-27-3/h4-8,13H,9-12,14H2,1-3H3. The van der Waals surface area contributed by atoms with Crippen molar-refractivity contribution in [2.75, 3.05) is 40.9 Å². The largest absolute Gasteiger partial charge is 0.383 e. The Hall–Kier alpha value is -2.22. The third kappa shape index (κ3) is 6.46. The molecule has 2 aromatic rings. The van der Waals surface area contributed by atoms with Gasteiger partial charge in [0.05, 0.1) is 13.2 Å². The highest BCUT2D eigenvalue weighted by Gasteiger charge is 2.19. The Balaban J connectivity index is 2.25. The van der Waals surface area contributed by atoms with E-state index < -0.39 is 0 Å². The first-order chi connectivity index (χ1) is 12.9. The highest BCUT2D eigenvalue weighted by molar-refractivity contribution is 6.30. The zero-order valence-corrected chi connectivity index (χ0v) is 16.6. The molecule has 0 spiro atoms. The average molecular weight is 393 g/mol. The van der Waals surface area contributed by atoms with Crippen molar-refractivity contribution in [3.05, 3.63) is 63.0 Å². The molecule has 1 heterocycles. The second kappa shape index (κ2) is 10.2. The number of benzene rings is 1. The van der Waals surface area contributed by atoms with Crippen LogP contribution in [0, 0.1) is 0 Å². The molecule has 1 amide bonds.